The number of carbonyl (C=O) groups excluding carboxylic acids is 1. The molecule has 1 aromatic heterocycles. The van der Waals surface area contributed by atoms with Crippen molar-refractivity contribution in [2.24, 2.45) is 0 Å². The number of nitrogens with zero attached hydrogens (tertiary/aromatic N) is 4. The maximum absolute atomic E-state index is 13.3. The molecule has 3 heterocycles. The molecule has 1 fully saturated rings. The number of urea groups is 1. The number of likely N-dealkylation sites (tertiary alicyclic amines) is 1. The van der Waals surface area contributed by atoms with Gasteiger partial charge in [0.1, 0.15) is 17.5 Å². The molecule has 1 N–H and O–H groups in total. The van der Waals surface area contributed by atoms with Crippen LogP contribution in [0.1, 0.15) is 36.8 Å². The van der Waals surface area contributed by atoms with Crippen LogP contribution in [0.15, 0.2) is 24.3 Å². The summed E-state index contributed by atoms with van der Waals surface area (Å²) in [5.74, 6) is 1.93. The maximum Gasteiger partial charge on any atom is 0.321 e. The van der Waals surface area contributed by atoms with Crippen LogP contribution in [0.5, 0.6) is 0 Å². The van der Waals surface area contributed by atoms with Gasteiger partial charge in [0.2, 0.25) is 0 Å². The molecule has 7 heteroatoms. The summed E-state index contributed by atoms with van der Waals surface area (Å²) in [6.07, 6.45) is 4.06. The summed E-state index contributed by atoms with van der Waals surface area (Å²) < 4.78 is 15.5. The fourth-order valence-corrected chi connectivity index (χ4v) is 3.62. The monoisotopic (exact) mass is 329 g/mol. The molecule has 2 amide bonds. The van der Waals surface area contributed by atoms with Crippen molar-refractivity contribution in [1.29, 1.82) is 0 Å². The number of hydrogen-bond acceptors (Lipinski definition) is 3. The van der Waals surface area contributed by atoms with Gasteiger partial charge in [-0.2, -0.15) is 0 Å². The van der Waals surface area contributed by atoms with Gasteiger partial charge in [-0.3, -0.25) is 0 Å². The van der Waals surface area contributed by atoms with E-state index in [0.717, 1.165) is 43.9 Å². The first kappa shape index (κ1) is 15.1. The average molecular weight is 329 g/mol. The second-order valence-corrected chi connectivity index (χ2v) is 6.46. The van der Waals surface area contributed by atoms with Gasteiger partial charge >= 0.3 is 6.03 Å². The first-order valence-electron chi connectivity index (χ1n) is 8.44. The summed E-state index contributed by atoms with van der Waals surface area (Å²) in [4.78, 5) is 14.3. The van der Waals surface area contributed by atoms with Gasteiger partial charge in [-0.05, 0) is 37.5 Å². The number of aromatic nitrogens is 3. The van der Waals surface area contributed by atoms with E-state index >= 15 is 0 Å². The van der Waals surface area contributed by atoms with Crippen molar-refractivity contribution in [2.75, 3.05) is 18.4 Å². The highest BCUT2D eigenvalue weighted by Crippen LogP contribution is 2.28. The molecule has 126 valence electrons. The summed E-state index contributed by atoms with van der Waals surface area (Å²) in [5.41, 5.74) is 0.477. The number of anilines is 1. The van der Waals surface area contributed by atoms with Crippen molar-refractivity contribution >= 4 is 11.7 Å². The predicted molar refractivity (Wildman–Crippen MR) is 87.3 cm³/mol. The molecule has 0 aliphatic carbocycles. The third-order valence-electron chi connectivity index (χ3n) is 4.79. The Morgan fingerprint density at radius 3 is 3.04 bits per heavy atom. The average Bonchev–Trinajstić information content (AvgIpc) is 3.18. The zero-order valence-corrected chi connectivity index (χ0v) is 13.4. The maximum atomic E-state index is 13.3. The second kappa shape index (κ2) is 6.22. The van der Waals surface area contributed by atoms with E-state index in [0.29, 0.717) is 18.8 Å². The van der Waals surface area contributed by atoms with Gasteiger partial charge in [0.25, 0.3) is 0 Å². The minimum absolute atomic E-state index is 0.188. The van der Waals surface area contributed by atoms with E-state index in [9.17, 15) is 9.18 Å². The first-order chi connectivity index (χ1) is 11.7. The Balaban J connectivity index is 1.45. The quantitative estimate of drug-likeness (QED) is 0.921. The lowest BCUT2D eigenvalue weighted by Crippen LogP contribution is -2.42. The molecule has 0 spiro atoms. The summed E-state index contributed by atoms with van der Waals surface area (Å²) in [5, 5.41) is 11.4. The van der Waals surface area contributed by atoms with Gasteiger partial charge in [0.15, 0.2) is 0 Å². The molecule has 4 rings (SSSR count). The number of amides is 2. The van der Waals surface area contributed by atoms with Crippen molar-refractivity contribution < 1.29 is 9.18 Å². The minimum atomic E-state index is -0.358. The van der Waals surface area contributed by atoms with E-state index in [-0.39, 0.29) is 17.8 Å². The molecule has 0 unspecified atom stereocenters. The topological polar surface area (TPSA) is 63.1 Å². The standard InChI is InChI=1S/C17H20FN5O/c18-13-5-1-6-14(10-13)19-17(24)22-8-2-4-12(11-22)16-21-20-15-7-3-9-23(15)16/h1,5-6,10,12H,2-4,7-9,11H2,(H,19,24)/t12-/m0/s1. The van der Waals surface area contributed by atoms with Crippen LogP contribution in [0.4, 0.5) is 14.9 Å². The van der Waals surface area contributed by atoms with E-state index in [2.05, 4.69) is 20.1 Å². The van der Waals surface area contributed by atoms with Crippen molar-refractivity contribution in [1.82, 2.24) is 19.7 Å². The Labute approximate surface area is 139 Å². The van der Waals surface area contributed by atoms with E-state index < -0.39 is 0 Å². The van der Waals surface area contributed by atoms with Gasteiger partial charge in [-0.25, -0.2) is 9.18 Å². The molecule has 6 nitrogen and oxygen atoms in total. The lowest BCUT2D eigenvalue weighted by atomic mass is 9.97. The highest BCUT2D eigenvalue weighted by atomic mass is 19.1. The van der Waals surface area contributed by atoms with Gasteiger partial charge in [-0.1, -0.05) is 6.07 Å². The Morgan fingerprint density at radius 1 is 1.25 bits per heavy atom. The molecular formula is C17H20FN5O. The molecule has 1 atom stereocenters. The number of aryl methyl sites for hydroxylation is 1. The fraction of sp³-hybridized carbons (Fsp3) is 0.471. The van der Waals surface area contributed by atoms with Gasteiger partial charge in [0.05, 0.1) is 0 Å². The van der Waals surface area contributed by atoms with Crippen molar-refractivity contribution in [2.45, 2.75) is 38.1 Å². The van der Waals surface area contributed by atoms with Crippen LogP contribution in [0, 0.1) is 5.82 Å². The van der Waals surface area contributed by atoms with E-state index in [1.165, 1.54) is 12.1 Å². The van der Waals surface area contributed by atoms with Crippen LogP contribution in [0.2, 0.25) is 0 Å². The lowest BCUT2D eigenvalue weighted by molar-refractivity contribution is 0.190. The lowest BCUT2D eigenvalue weighted by Gasteiger charge is -2.32. The highest BCUT2D eigenvalue weighted by molar-refractivity contribution is 5.89. The van der Waals surface area contributed by atoms with Gasteiger partial charge < -0.3 is 14.8 Å². The third kappa shape index (κ3) is 2.86. The summed E-state index contributed by atoms with van der Waals surface area (Å²) in [7, 11) is 0. The van der Waals surface area contributed by atoms with E-state index in [4.69, 9.17) is 0 Å². The number of piperidine rings is 1. The number of hydrogen-bond donors (Lipinski definition) is 1. The first-order valence-corrected chi connectivity index (χ1v) is 8.44. The molecule has 0 radical (unpaired) electrons. The summed E-state index contributed by atoms with van der Waals surface area (Å²) in [6, 6.07) is 5.77. The Morgan fingerprint density at radius 2 is 2.17 bits per heavy atom. The van der Waals surface area contributed by atoms with E-state index in [1.807, 2.05) is 0 Å². The molecule has 0 saturated carbocycles. The Bertz CT molecular complexity index is 759. The van der Waals surface area contributed by atoms with Crippen molar-refractivity contribution in [3.05, 3.63) is 41.7 Å². The fourth-order valence-electron chi connectivity index (χ4n) is 3.62. The van der Waals surface area contributed by atoms with Gasteiger partial charge in [-0.15, -0.1) is 10.2 Å². The number of fused-ring (bicyclic) bond motifs is 1. The SMILES string of the molecule is O=C(Nc1cccc(F)c1)N1CCC[C@H](c2nnc3n2CCC3)C1. The molecule has 2 aliphatic rings. The van der Waals surface area contributed by atoms with Gasteiger partial charge in [0, 0.05) is 37.7 Å². The summed E-state index contributed by atoms with van der Waals surface area (Å²) in [6.45, 7) is 2.31. The number of carbonyl (C=O) groups is 1. The molecule has 0 bridgehead atoms. The highest BCUT2D eigenvalue weighted by Gasteiger charge is 2.30. The molecular weight excluding hydrogens is 309 g/mol. The van der Waals surface area contributed by atoms with Crippen LogP contribution in [0.3, 0.4) is 0 Å². The number of benzene rings is 1. The van der Waals surface area contributed by atoms with Crippen LogP contribution in [-0.2, 0) is 13.0 Å². The van der Waals surface area contributed by atoms with Crippen LogP contribution in [0.25, 0.3) is 0 Å². The number of halogens is 1. The molecule has 1 saturated heterocycles. The number of nitrogens with one attached hydrogen (secondary N) is 1. The summed E-state index contributed by atoms with van der Waals surface area (Å²) >= 11 is 0. The number of rotatable bonds is 2. The zero-order chi connectivity index (χ0) is 16.5. The largest absolute Gasteiger partial charge is 0.324 e. The van der Waals surface area contributed by atoms with Crippen LogP contribution >= 0.6 is 0 Å². The minimum Gasteiger partial charge on any atom is -0.324 e. The van der Waals surface area contributed by atoms with Crippen molar-refractivity contribution in [3.8, 4) is 0 Å². The van der Waals surface area contributed by atoms with Crippen molar-refractivity contribution in [3.63, 3.8) is 0 Å². The third-order valence-corrected chi connectivity index (χ3v) is 4.79. The van der Waals surface area contributed by atoms with Crippen LogP contribution in [-0.4, -0.2) is 38.8 Å². The molecule has 2 aliphatic heterocycles. The normalized spacial score (nSPS) is 20.0. The second-order valence-electron chi connectivity index (χ2n) is 6.46. The van der Waals surface area contributed by atoms with Crippen LogP contribution < -0.4 is 5.32 Å². The van der Waals surface area contributed by atoms with E-state index in [1.54, 1.807) is 17.0 Å². The molecule has 1 aromatic carbocycles. The predicted octanol–water partition coefficient (Wildman–Crippen LogP) is 2.77. The molecule has 2 aromatic rings. The zero-order valence-electron chi connectivity index (χ0n) is 13.4. The Kier molecular flexibility index (Phi) is 3.92. The Hall–Kier alpha value is -2.44. The smallest absolute Gasteiger partial charge is 0.321 e. The molecule has 24 heavy (non-hydrogen) atoms.